The highest BCUT2D eigenvalue weighted by molar-refractivity contribution is 6.31. The number of benzene rings is 1. The van der Waals surface area contributed by atoms with Crippen molar-refractivity contribution in [3.8, 4) is 16.9 Å². The van der Waals surface area contributed by atoms with E-state index < -0.39 is 17.7 Å². The number of rotatable bonds is 5. The molecule has 1 aromatic carbocycles. The molecule has 0 unspecified atom stereocenters. The lowest BCUT2D eigenvalue weighted by Crippen LogP contribution is -2.44. The monoisotopic (exact) mass is 499 g/mol. The first kappa shape index (κ1) is 23.3. The highest BCUT2D eigenvalue weighted by atomic mass is 35.5. The molecule has 0 spiro atoms. The van der Waals surface area contributed by atoms with Gasteiger partial charge in [0.2, 0.25) is 5.75 Å². The molecule has 1 saturated heterocycles. The predicted molar refractivity (Wildman–Crippen MR) is 132 cm³/mol. The number of hydrogen-bond acceptors (Lipinski definition) is 7. The van der Waals surface area contributed by atoms with Crippen molar-refractivity contribution < 1.29 is 17.9 Å². The van der Waals surface area contributed by atoms with Crippen LogP contribution in [-0.2, 0) is 0 Å². The van der Waals surface area contributed by atoms with Crippen LogP contribution < -0.4 is 15.4 Å². The Morgan fingerprint density at radius 1 is 1.06 bits per heavy atom. The zero-order chi connectivity index (χ0) is 24.7. The Bertz CT molecular complexity index is 1370. The molecule has 4 heterocycles. The van der Waals surface area contributed by atoms with Crippen molar-refractivity contribution in [1.82, 2.24) is 14.9 Å². The fourth-order valence-corrected chi connectivity index (χ4v) is 4.54. The zero-order valence-electron chi connectivity index (χ0n) is 19.3. The first-order chi connectivity index (χ1) is 16.8. The highest BCUT2D eigenvalue weighted by Crippen LogP contribution is 2.40. The van der Waals surface area contributed by atoms with Crippen LogP contribution in [0.15, 0.2) is 47.3 Å². The topological polar surface area (TPSA) is 80.7 Å². The molecule has 4 aromatic rings. The summed E-state index contributed by atoms with van der Waals surface area (Å²) in [7, 11) is 2.11. The van der Waals surface area contributed by atoms with E-state index in [2.05, 4.69) is 26.8 Å². The van der Waals surface area contributed by atoms with Crippen molar-refractivity contribution in [3.05, 3.63) is 65.1 Å². The van der Waals surface area contributed by atoms with Gasteiger partial charge in [-0.1, -0.05) is 11.6 Å². The standard InChI is InChI=1S/C25H24ClF2N5O2/c1-14(21-18(27)4-5-19(28)22(21)26)35-24-23-16(12-31-25(24)29)17(13-34-23)15-3-6-20(30-11-15)33-9-7-32(2)8-10-33/h3-6,11-14H,7-10H2,1-2H3,(H2,29,31)/t14-/m1/s1. The maximum absolute atomic E-state index is 14.4. The number of likely N-dealkylation sites (N-methyl/N-ethyl adjacent to an activating group) is 1. The second-order valence-electron chi connectivity index (χ2n) is 8.58. The van der Waals surface area contributed by atoms with E-state index in [0.29, 0.717) is 11.0 Å². The van der Waals surface area contributed by atoms with Crippen molar-refractivity contribution in [2.75, 3.05) is 43.9 Å². The highest BCUT2D eigenvalue weighted by Gasteiger charge is 2.24. The molecule has 1 aliphatic heterocycles. The molecule has 10 heteroatoms. The van der Waals surface area contributed by atoms with Gasteiger partial charge in [-0.2, -0.15) is 0 Å². The van der Waals surface area contributed by atoms with Gasteiger partial charge in [0.15, 0.2) is 11.4 Å². The van der Waals surface area contributed by atoms with E-state index >= 15 is 0 Å². The molecule has 0 bridgehead atoms. The van der Waals surface area contributed by atoms with E-state index in [1.54, 1.807) is 25.6 Å². The van der Waals surface area contributed by atoms with E-state index in [1.807, 2.05) is 12.1 Å². The molecule has 0 amide bonds. The second-order valence-corrected chi connectivity index (χ2v) is 8.96. The third-order valence-corrected chi connectivity index (χ3v) is 6.65. The van der Waals surface area contributed by atoms with Crippen LogP contribution in [0, 0.1) is 11.6 Å². The summed E-state index contributed by atoms with van der Waals surface area (Å²) < 4.78 is 40.0. The number of halogens is 3. The average Bonchev–Trinajstić information content (AvgIpc) is 3.28. The summed E-state index contributed by atoms with van der Waals surface area (Å²) in [5, 5.41) is 0.309. The minimum atomic E-state index is -0.953. The number of nitrogens with zero attached hydrogens (tertiary/aromatic N) is 4. The Kier molecular flexibility index (Phi) is 6.21. The number of anilines is 2. The Balaban J connectivity index is 1.45. The second kappa shape index (κ2) is 9.31. The fraction of sp³-hybridized carbons (Fsp3) is 0.280. The summed E-state index contributed by atoms with van der Waals surface area (Å²) in [6.07, 6.45) is 4.00. The molecule has 35 heavy (non-hydrogen) atoms. The van der Waals surface area contributed by atoms with Gasteiger partial charge in [0, 0.05) is 55.3 Å². The van der Waals surface area contributed by atoms with Gasteiger partial charge in [-0.15, -0.1) is 0 Å². The number of piperazine rings is 1. The molecule has 0 aliphatic carbocycles. The number of fused-ring (bicyclic) bond motifs is 1. The van der Waals surface area contributed by atoms with Crippen LogP contribution in [0.5, 0.6) is 5.75 Å². The van der Waals surface area contributed by atoms with Crippen molar-refractivity contribution in [1.29, 1.82) is 0 Å². The molecule has 3 aromatic heterocycles. The van der Waals surface area contributed by atoms with Crippen LogP contribution in [0.1, 0.15) is 18.6 Å². The maximum Gasteiger partial charge on any atom is 0.205 e. The summed E-state index contributed by atoms with van der Waals surface area (Å²) in [4.78, 5) is 13.4. The average molecular weight is 500 g/mol. The van der Waals surface area contributed by atoms with Gasteiger partial charge in [0.25, 0.3) is 0 Å². The number of pyridine rings is 2. The van der Waals surface area contributed by atoms with E-state index in [4.69, 9.17) is 26.5 Å². The van der Waals surface area contributed by atoms with Gasteiger partial charge in [0.05, 0.1) is 16.7 Å². The Morgan fingerprint density at radius 3 is 2.51 bits per heavy atom. The largest absolute Gasteiger partial charge is 0.478 e. The lowest BCUT2D eigenvalue weighted by Gasteiger charge is -2.33. The quantitative estimate of drug-likeness (QED) is 0.373. The Labute approximate surface area is 206 Å². The smallest absolute Gasteiger partial charge is 0.205 e. The molecule has 0 saturated carbocycles. The molecule has 1 aliphatic rings. The number of nitrogen functional groups attached to an aromatic ring is 1. The first-order valence-electron chi connectivity index (χ1n) is 11.2. The van der Waals surface area contributed by atoms with Gasteiger partial charge in [-0.05, 0) is 38.2 Å². The number of aromatic nitrogens is 2. The Hall–Kier alpha value is -3.43. The maximum atomic E-state index is 14.4. The van der Waals surface area contributed by atoms with Crippen LogP contribution in [0.4, 0.5) is 20.4 Å². The minimum Gasteiger partial charge on any atom is -0.478 e. The normalized spacial score (nSPS) is 15.5. The molecule has 1 fully saturated rings. The number of nitrogens with two attached hydrogens (primary N) is 1. The summed E-state index contributed by atoms with van der Waals surface area (Å²) in [5.41, 5.74) is 7.89. The minimum absolute atomic E-state index is 0.0572. The molecule has 5 rings (SSSR count). The number of ether oxygens (including phenoxy) is 1. The molecule has 7 nitrogen and oxygen atoms in total. The SMILES string of the molecule is C[C@@H](Oc1c(N)ncc2c(-c3ccc(N4CCN(C)CC4)nc3)coc12)c1c(F)ccc(F)c1Cl. The van der Waals surface area contributed by atoms with Gasteiger partial charge >= 0.3 is 0 Å². The third-order valence-electron chi connectivity index (χ3n) is 6.27. The molecular formula is C25H24ClF2N5O2. The summed E-state index contributed by atoms with van der Waals surface area (Å²) >= 11 is 6.00. The van der Waals surface area contributed by atoms with Crippen LogP contribution in [0.3, 0.4) is 0 Å². The molecule has 1 atom stereocenters. The third kappa shape index (κ3) is 4.37. The summed E-state index contributed by atoms with van der Waals surface area (Å²) in [6.45, 7) is 5.39. The summed E-state index contributed by atoms with van der Waals surface area (Å²) in [5.74, 6) is -0.321. The first-order valence-corrected chi connectivity index (χ1v) is 11.6. The Morgan fingerprint density at radius 2 is 1.80 bits per heavy atom. The number of furan rings is 1. The van der Waals surface area contributed by atoms with E-state index in [1.165, 1.54) is 0 Å². The van der Waals surface area contributed by atoms with Crippen molar-refractivity contribution in [2.45, 2.75) is 13.0 Å². The molecular weight excluding hydrogens is 476 g/mol. The van der Waals surface area contributed by atoms with Gasteiger partial charge in [0.1, 0.15) is 23.6 Å². The van der Waals surface area contributed by atoms with Crippen LogP contribution in [-0.4, -0.2) is 48.1 Å². The van der Waals surface area contributed by atoms with Crippen molar-refractivity contribution in [3.63, 3.8) is 0 Å². The zero-order valence-corrected chi connectivity index (χ0v) is 20.0. The fourth-order valence-electron chi connectivity index (χ4n) is 4.24. The van der Waals surface area contributed by atoms with Crippen molar-refractivity contribution >= 4 is 34.2 Å². The lowest BCUT2D eigenvalue weighted by molar-refractivity contribution is 0.221. The van der Waals surface area contributed by atoms with Crippen LogP contribution in [0.2, 0.25) is 5.02 Å². The predicted octanol–water partition coefficient (Wildman–Crippen LogP) is 5.30. The molecule has 2 N–H and O–H groups in total. The molecule has 182 valence electrons. The van der Waals surface area contributed by atoms with Crippen LogP contribution >= 0.6 is 11.6 Å². The van der Waals surface area contributed by atoms with Crippen molar-refractivity contribution in [2.24, 2.45) is 0 Å². The van der Waals surface area contributed by atoms with E-state index in [-0.39, 0.29) is 22.2 Å². The van der Waals surface area contributed by atoms with Crippen LogP contribution in [0.25, 0.3) is 22.1 Å². The molecule has 0 radical (unpaired) electrons. The van der Waals surface area contributed by atoms with Gasteiger partial charge < -0.3 is 24.7 Å². The van der Waals surface area contributed by atoms with E-state index in [9.17, 15) is 8.78 Å². The lowest BCUT2D eigenvalue weighted by atomic mass is 10.1. The number of hydrogen-bond donors (Lipinski definition) is 1. The summed E-state index contributed by atoms with van der Waals surface area (Å²) in [6, 6.07) is 5.93. The van der Waals surface area contributed by atoms with Gasteiger partial charge in [-0.3, -0.25) is 0 Å². The van der Waals surface area contributed by atoms with E-state index in [0.717, 1.165) is 55.3 Å². The van der Waals surface area contributed by atoms with Gasteiger partial charge in [-0.25, -0.2) is 18.7 Å².